The number of nitrogens with zero attached hydrogens (tertiary/aromatic N) is 1. The SMILES string of the molecule is CC(C)CN(CC1(N)C2CCCOC2C1(C)C)C(C)C. The van der Waals surface area contributed by atoms with E-state index in [1.807, 2.05) is 0 Å². The molecule has 3 unspecified atom stereocenters. The number of hydrogen-bond acceptors (Lipinski definition) is 3. The third-order valence-corrected chi connectivity index (χ3v) is 5.69. The Balaban J connectivity index is 2.12. The van der Waals surface area contributed by atoms with E-state index in [9.17, 15) is 0 Å². The van der Waals surface area contributed by atoms with Crippen LogP contribution in [0.4, 0.5) is 0 Å². The van der Waals surface area contributed by atoms with Crippen molar-refractivity contribution in [3.05, 3.63) is 0 Å². The molecule has 0 radical (unpaired) electrons. The van der Waals surface area contributed by atoms with Crippen molar-refractivity contribution in [1.82, 2.24) is 4.90 Å². The van der Waals surface area contributed by atoms with Gasteiger partial charge in [0.1, 0.15) is 0 Å². The molecule has 2 N–H and O–H groups in total. The first-order chi connectivity index (χ1) is 9.20. The minimum atomic E-state index is -0.1000. The van der Waals surface area contributed by atoms with Gasteiger partial charge in [-0.1, -0.05) is 27.7 Å². The highest BCUT2D eigenvalue weighted by Crippen LogP contribution is 2.57. The maximum Gasteiger partial charge on any atom is 0.0690 e. The van der Waals surface area contributed by atoms with Crippen LogP contribution in [0.5, 0.6) is 0 Å². The van der Waals surface area contributed by atoms with Crippen LogP contribution in [0, 0.1) is 17.3 Å². The van der Waals surface area contributed by atoms with E-state index in [0.29, 0.717) is 24.0 Å². The van der Waals surface area contributed by atoms with Gasteiger partial charge in [0, 0.05) is 42.6 Å². The van der Waals surface area contributed by atoms with E-state index >= 15 is 0 Å². The maximum atomic E-state index is 6.93. The van der Waals surface area contributed by atoms with E-state index in [-0.39, 0.29) is 11.0 Å². The molecule has 2 aliphatic rings. The van der Waals surface area contributed by atoms with Gasteiger partial charge < -0.3 is 10.5 Å². The predicted octanol–water partition coefficient (Wildman–Crippen LogP) is 2.89. The van der Waals surface area contributed by atoms with E-state index < -0.39 is 0 Å². The first kappa shape index (κ1) is 16.3. The summed E-state index contributed by atoms with van der Waals surface area (Å²) in [6.45, 7) is 16.8. The minimum absolute atomic E-state index is 0.0855. The molecule has 1 saturated heterocycles. The number of ether oxygens (including phenoxy) is 1. The molecule has 0 amide bonds. The Bertz CT molecular complexity index is 340. The van der Waals surface area contributed by atoms with E-state index in [0.717, 1.165) is 19.7 Å². The summed E-state index contributed by atoms with van der Waals surface area (Å²) in [6, 6.07) is 0.553. The predicted molar refractivity (Wildman–Crippen MR) is 84.7 cm³/mol. The summed E-state index contributed by atoms with van der Waals surface area (Å²) in [5, 5.41) is 0. The summed E-state index contributed by atoms with van der Waals surface area (Å²) >= 11 is 0. The van der Waals surface area contributed by atoms with Crippen LogP contribution in [0.25, 0.3) is 0 Å². The van der Waals surface area contributed by atoms with Gasteiger partial charge in [0.05, 0.1) is 6.10 Å². The largest absolute Gasteiger partial charge is 0.377 e. The Hall–Kier alpha value is -0.120. The molecule has 20 heavy (non-hydrogen) atoms. The summed E-state index contributed by atoms with van der Waals surface area (Å²) in [5.74, 6) is 1.22. The highest BCUT2D eigenvalue weighted by Gasteiger charge is 2.66. The number of hydrogen-bond donors (Lipinski definition) is 1. The van der Waals surface area contributed by atoms with E-state index in [1.54, 1.807) is 0 Å². The fourth-order valence-corrected chi connectivity index (χ4v) is 4.25. The van der Waals surface area contributed by atoms with E-state index in [4.69, 9.17) is 10.5 Å². The number of fused-ring (bicyclic) bond motifs is 1. The van der Waals surface area contributed by atoms with E-state index in [1.165, 1.54) is 12.8 Å². The summed E-state index contributed by atoms with van der Waals surface area (Å²) < 4.78 is 6.01. The van der Waals surface area contributed by atoms with Gasteiger partial charge in [-0.25, -0.2) is 0 Å². The Labute approximate surface area is 125 Å². The molecule has 2 fully saturated rings. The molecule has 3 nitrogen and oxygen atoms in total. The average Bonchev–Trinajstić information content (AvgIpc) is 2.37. The molecule has 1 heterocycles. The standard InChI is InChI=1S/C17H34N2O/c1-12(2)10-19(13(3)4)11-17(18)14-8-7-9-20-15(14)16(17,5)6/h12-15H,7-11,18H2,1-6H3. The molecule has 1 aliphatic heterocycles. The van der Waals surface area contributed by atoms with Crippen molar-refractivity contribution in [2.75, 3.05) is 19.7 Å². The molecule has 0 bridgehead atoms. The van der Waals surface area contributed by atoms with Gasteiger partial charge in [-0.3, -0.25) is 4.90 Å². The van der Waals surface area contributed by atoms with Gasteiger partial charge >= 0.3 is 0 Å². The Morgan fingerprint density at radius 2 is 1.90 bits per heavy atom. The van der Waals surface area contributed by atoms with Crippen LogP contribution in [0.1, 0.15) is 54.4 Å². The van der Waals surface area contributed by atoms with Crippen LogP contribution < -0.4 is 5.73 Å². The third kappa shape index (κ3) is 2.53. The molecule has 118 valence electrons. The minimum Gasteiger partial charge on any atom is -0.377 e. The van der Waals surface area contributed by atoms with Crippen molar-refractivity contribution in [3.8, 4) is 0 Å². The highest BCUT2D eigenvalue weighted by atomic mass is 16.5. The van der Waals surface area contributed by atoms with Crippen molar-refractivity contribution in [3.63, 3.8) is 0 Å². The second-order valence-electron chi connectivity index (χ2n) is 8.22. The zero-order valence-electron chi connectivity index (χ0n) is 14.3. The summed E-state index contributed by atoms with van der Waals surface area (Å²) in [4.78, 5) is 2.57. The van der Waals surface area contributed by atoms with Gasteiger partial charge in [0.25, 0.3) is 0 Å². The molecular formula is C17H34N2O. The van der Waals surface area contributed by atoms with Crippen molar-refractivity contribution in [2.45, 2.75) is 72.1 Å². The Morgan fingerprint density at radius 3 is 2.45 bits per heavy atom. The molecular weight excluding hydrogens is 248 g/mol. The highest BCUT2D eigenvalue weighted by molar-refractivity contribution is 5.21. The lowest BCUT2D eigenvalue weighted by molar-refractivity contribution is -0.233. The zero-order valence-corrected chi connectivity index (χ0v) is 14.3. The van der Waals surface area contributed by atoms with Crippen molar-refractivity contribution >= 4 is 0 Å². The zero-order chi connectivity index (χ0) is 15.1. The molecule has 0 aromatic carbocycles. The molecule has 0 spiro atoms. The lowest BCUT2D eigenvalue weighted by Crippen LogP contribution is -2.80. The molecule has 0 aromatic heterocycles. The van der Waals surface area contributed by atoms with Gasteiger partial charge in [0.2, 0.25) is 0 Å². The van der Waals surface area contributed by atoms with Gasteiger partial charge in [-0.05, 0) is 32.6 Å². The third-order valence-electron chi connectivity index (χ3n) is 5.69. The quantitative estimate of drug-likeness (QED) is 0.842. The summed E-state index contributed by atoms with van der Waals surface area (Å²) in [6.07, 6.45) is 2.77. The van der Waals surface area contributed by atoms with E-state index in [2.05, 4.69) is 46.4 Å². The average molecular weight is 282 g/mol. The van der Waals surface area contributed by atoms with Crippen molar-refractivity contribution in [1.29, 1.82) is 0 Å². The molecule has 1 saturated carbocycles. The van der Waals surface area contributed by atoms with Crippen LogP contribution in [-0.2, 0) is 4.74 Å². The molecule has 3 atom stereocenters. The van der Waals surface area contributed by atoms with Crippen molar-refractivity contribution in [2.24, 2.45) is 23.0 Å². The van der Waals surface area contributed by atoms with Crippen LogP contribution in [0.3, 0.4) is 0 Å². The second-order valence-corrected chi connectivity index (χ2v) is 8.22. The second kappa shape index (κ2) is 5.58. The van der Waals surface area contributed by atoms with Crippen LogP contribution in [0.15, 0.2) is 0 Å². The Kier molecular flexibility index (Phi) is 4.54. The summed E-state index contributed by atoms with van der Waals surface area (Å²) in [7, 11) is 0. The normalized spacial score (nSPS) is 36.3. The maximum absolute atomic E-state index is 6.93. The molecule has 1 aliphatic carbocycles. The smallest absolute Gasteiger partial charge is 0.0690 e. The topological polar surface area (TPSA) is 38.5 Å². The van der Waals surface area contributed by atoms with Gasteiger partial charge in [0.15, 0.2) is 0 Å². The summed E-state index contributed by atoms with van der Waals surface area (Å²) in [5.41, 5.74) is 6.91. The Morgan fingerprint density at radius 1 is 1.25 bits per heavy atom. The van der Waals surface area contributed by atoms with Crippen LogP contribution in [-0.4, -0.2) is 42.3 Å². The van der Waals surface area contributed by atoms with Crippen LogP contribution >= 0.6 is 0 Å². The number of rotatable bonds is 5. The van der Waals surface area contributed by atoms with Crippen LogP contribution in [0.2, 0.25) is 0 Å². The molecule has 0 aromatic rings. The lowest BCUT2D eigenvalue weighted by atomic mass is 9.46. The molecule has 2 rings (SSSR count). The first-order valence-electron chi connectivity index (χ1n) is 8.34. The fraction of sp³-hybridized carbons (Fsp3) is 1.00. The van der Waals surface area contributed by atoms with Crippen molar-refractivity contribution < 1.29 is 4.74 Å². The lowest BCUT2D eigenvalue weighted by Gasteiger charge is -2.67. The monoisotopic (exact) mass is 282 g/mol. The molecule has 3 heteroatoms. The van der Waals surface area contributed by atoms with Gasteiger partial charge in [-0.2, -0.15) is 0 Å². The fourth-order valence-electron chi connectivity index (χ4n) is 4.25. The number of nitrogens with two attached hydrogens (primary N) is 1. The first-order valence-corrected chi connectivity index (χ1v) is 8.34. The van der Waals surface area contributed by atoms with Gasteiger partial charge in [-0.15, -0.1) is 0 Å².